The van der Waals surface area contributed by atoms with Gasteiger partial charge in [-0.1, -0.05) is 34.1 Å². The Bertz CT molecular complexity index is 542. The third-order valence-electron chi connectivity index (χ3n) is 2.83. The van der Waals surface area contributed by atoms with Crippen molar-refractivity contribution < 1.29 is 18.0 Å². The molecule has 0 saturated carbocycles. The van der Waals surface area contributed by atoms with Crippen molar-refractivity contribution in [3.05, 3.63) is 34.3 Å². The summed E-state index contributed by atoms with van der Waals surface area (Å²) in [6, 6.07) is 7.02. The molecule has 7 heteroatoms. The maximum Gasteiger partial charge on any atom is 0.431 e. The van der Waals surface area contributed by atoms with Gasteiger partial charge in [0, 0.05) is 4.47 Å². The van der Waals surface area contributed by atoms with Crippen molar-refractivity contribution in [2.24, 2.45) is 11.0 Å². The van der Waals surface area contributed by atoms with Crippen LogP contribution in [0, 0.1) is 5.92 Å². The number of alkyl halides is 3. The molecule has 1 amide bonds. The molecule has 1 heterocycles. The number of halogens is 4. The van der Waals surface area contributed by atoms with Gasteiger partial charge in [0.25, 0.3) is 5.91 Å². The standard InChI is InChI=1S/C12H10BrF3N2O/c1-7-10(12(14,15)16)17-18(11(7)19)6-8-4-2-3-5-9(8)13/h2-5,7H,6H2,1H3. The summed E-state index contributed by atoms with van der Waals surface area (Å²) in [6.45, 7) is 1.23. The van der Waals surface area contributed by atoms with E-state index in [1.807, 2.05) is 0 Å². The van der Waals surface area contributed by atoms with Crippen LogP contribution in [0.3, 0.4) is 0 Å². The summed E-state index contributed by atoms with van der Waals surface area (Å²) in [5.74, 6) is -1.88. The second-order valence-electron chi connectivity index (χ2n) is 4.19. The molecule has 1 atom stereocenters. The van der Waals surface area contributed by atoms with E-state index in [-0.39, 0.29) is 6.54 Å². The first-order valence-corrected chi connectivity index (χ1v) is 6.30. The van der Waals surface area contributed by atoms with E-state index in [4.69, 9.17) is 0 Å². The molecule has 0 N–H and O–H groups in total. The monoisotopic (exact) mass is 334 g/mol. The summed E-state index contributed by atoms with van der Waals surface area (Å²) in [4.78, 5) is 11.8. The zero-order chi connectivity index (χ0) is 14.2. The highest BCUT2D eigenvalue weighted by molar-refractivity contribution is 9.10. The van der Waals surface area contributed by atoms with Gasteiger partial charge in [-0.05, 0) is 18.6 Å². The van der Waals surface area contributed by atoms with Gasteiger partial charge in [0.05, 0.1) is 12.5 Å². The molecule has 1 aliphatic heterocycles. The van der Waals surface area contributed by atoms with Crippen LogP contribution in [-0.2, 0) is 11.3 Å². The highest BCUT2D eigenvalue weighted by Crippen LogP contribution is 2.30. The minimum Gasteiger partial charge on any atom is -0.272 e. The number of amides is 1. The number of hydrogen-bond acceptors (Lipinski definition) is 2. The molecule has 3 nitrogen and oxygen atoms in total. The van der Waals surface area contributed by atoms with Crippen molar-refractivity contribution in [1.29, 1.82) is 0 Å². The van der Waals surface area contributed by atoms with Crippen LogP contribution in [0.2, 0.25) is 0 Å². The topological polar surface area (TPSA) is 32.7 Å². The lowest BCUT2D eigenvalue weighted by atomic mass is 10.1. The fraction of sp³-hybridized carbons (Fsp3) is 0.333. The number of rotatable bonds is 2. The van der Waals surface area contributed by atoms with Gasteiger partial charge in [0.1, 0.15) is 0 Å². The van der Waals surface area contributed by atoms with Crippen LogP contribution in [-0.4, -0.2) is 22.8 Å². The quantitative estimate of drug-likeness (QED) is 0.816. The summed E-state index contributed by atoms with van der Waals surface area (Å²) < 4.78 is 38.7. The van der Waals surface area contributed by atoms with Crippen LogP contribution in [0.1, 0.15) is 12.5 Å². The van der Waals surface area contributed by atoms with Crippen LogP contribution in [0.25, 0.3) is 0 Å². The predicted octanol–water partition coefficient (Wildman–Crippen LogP) is 3.35. The Morgan fingerprint density at radius 2 is 2.00 bits per heavy atom. The maximum absolute atomic E-state index is 12.7. The maximum atomic E-state index is 12.7. The molecule has 102 valence electrons. The molecule has 0 aliphatic carbocycles. The average molecular weight is 335 g/mol. The number of nitrogens with zero attached hydrogens (tertiary/aromatic N) is 2. The van der Waals surface area contributed by atoms with Crippen molar-refractivity contribution >= 4 is 27.5 Å². The summed E-state index contributed by atoms with van der Waals surface area (Å²) >= 11 is 3.28. The van der Waals surface area contributed by atoms with Gasteiger partial charge >= 0.3 is 6.18 Å². The van der Waals surface area contributed by atoms with E-state index in [2.05, 4.69) is 21.0 Å². The van der Waals surface area contributed by atoms with E-state index in [0.717, 1.165) is 9.48 Å². The van der Waals surface area contributed by atoms with Gasteiger partial charge < -0.3 is 0 Å². The molecular formula is C12H10BrF3N2O. The van der Waals surface area contributed by atoms with Crippen LogP contribution in [0.5, 0.6) is 0 Å². The summed E-state index contributed by atoms with van der Waals surface area (Å²) in [7, 11) is 0. The molecule has 0 aromatic heterocycles. The summed E-state index contributed by atoms with van der Waals surface area (Å²) in [6.07, 6.45) is -4.57. The molecular weight excluding hydrogens is 325 g/mol. The second-order valence-corrected chi connectivity index (χ2v) is 5.05. The van der Waals surface area contributed by atoms with Gasteiger partial charge in [-0.25, -0.2) is 5.01 Å². The molecule has 2 rings (SSSR count). The van der Waals surface area contributed by atoms with Crippen molar-refractivity contribution in [2.75, 3.05) is 0 Å². The highest BCUT2D eigenvalue weighted by Gasteiger charge is 2.47. The SMILES string of the molecule is CC1C(=O)N(Cc2ccccc2Br)N=C1C(F)(F)F. The third-order valence-corrected chi connectivity index (χ3v) is 3.61. The van der Waals surface area contributed by atoms with E-state index < -0.39 is 23.7 Å². The second kappa shape index (κ2) is 4.96. The lowest BCUT2D eigenvalue weighted by Crippen LogP contribution is -2.31. The first-order valence-electron chi connectivity index (χ1n) is 5.51. The molecule has 1 aromatic carbocycles. The van der Waals surface area contributed by atoms with Gasteiger partial charge in [0.2, 0.25) is 0 Å². The van der Waals surface area contributed by atoms with Crippen molar-refractivity contribution in [2.45, 2.75) is 19.6 Å². The van der Waals surface area contributed by atoms with Gasteiger partial charge in [0.15, 0.2) is 5.71 Å². The fourth-order valence-electron chi connectivity index (χ4n) is 1.81. The smallest absolute Gasteiger partial charge is 0.272 e. The number of hydrazone groups is 1. The van der Waals surface area contributed by atoms with Crippen LogP contribution < -0.4 is 0 Å². The van der Waals surface area contributed by atoms with Crippen LogP contribution in [0.15, 0.2) is 33.8 Å². The molecule has 1 unspecified atom stereocenters. The Morgan fingerprint density at radius 1 is 1.37 bits per heavy atom. The average Bonchev–Trinajstić information content (AvgIpc) is 2.60. The zero-order valence-corrected chi connectivity index (χ0v) is 11.5. The number of hydrogen-bond donors (Lipinski definition) is 0. The largest absolute Gasteiger partial charge is 0.431 e. The van der Waals surface area contributed by atoms with E-state index in [1.54, 1.807) is 24.3 Å². The third kappa shape index (κ3) is 2.80. The molecule has 19 heavy (non-hydrogen) atoms. The Balaban J connectivity index is 2.25. The minimum atomic E-state index is -4.57. The molecule has 0 fully saturated rings. The van der Waals surface area contributed by atoms with E-state index >= 15 is 0 Å². The van der Waals surface area contributed by atoms with Gasteiger partial charge in [-0.3, -0.25) is 4.79 Å². The first kappa shape index (κ1) is 14.0. The predicted molar refractivity (Wildman–Crippen MR) is 67.3 cm³/mol. The molecule has 0 radical (unpaired) electrons. The van der Waals surface area contributed by atoms with Gasteiger partial charge in [-0.2, -0.15) is 18.3 Å². The zero-order valence-electron chi connectivity index (χ0n) is 9.91. The fourth-order valence-corrected chi connectivity index (χ4v) is 2.22. The first-order chi connectivity index (χ1) is 8.80. The summed E-state index contributed by atoms with van der Waals surface area (Å²) in [5.41, 5.74) is -0.334. The molecule has 0 spiro atoms. The normalized spacial score (nSPS) is 19.8. The van der Waals surface area contributed by atoms with E-state index in [1.165, 1.54) is 6.92 Å². The molecule has 0 saturated heterocycles. The molecule has 1 aromatic rings. The van der Waals surface area contributed by atoms with Crippen LogP contribution in [0.4, 0.5) is 13.2 Å². The Hall–Kier alpha value is -1.37. The lowest BCUT2D eigenvalue weighted by molar-refractivity contribution is -0.132. The number of carbonyl (C=O) groups is 1. The number of benzene rings is 1. The number of carbonyl (C=O) groups excluding carboxylic acids is 1. The molecule has 1 aliphatic rings. The van der Waals surface area contributed by atoms with Crippen molar-refractivity contribution in [3.8, 4) is 0 Å². The summed E-state index contributed by atoms with van der Waals surface area (Å²) in [5, 5.41) is 4.28. The minimum absolute atomic E-state index is 0.0180. The van der Waals surface area contributed by atoms with Crippen LogP contribution >= 0.6 is 15.9 Å². The highest BCUT2D eigenvalue weighted by atomic mass is 79.9. The lowest BCUT2D eigenvalue weighted by Gasteiger charge is -2.13. The van der Waals surface area contributed by atoms with Gasteiger partial charge in [-0.15, -0.1) is 0 Å². The Morgan fingerprint density at radius 3 is 2.53 bits per heavy atom. The van der Waals surface area contributed by atoms with E-state index in [0.29, 0.717) is 5.56 Å². The molecule has 0 bridgehead atoms. The Kier molecular flexibility index (Phi) is 3.66. The van der Waals surface area contributed by atoms with Crippen molar-refractivity contribution in [1.82, 2.24) is 5.01 Å². The van der Waals surface area contributed by atoms with E-state index in [9.17, 15) is 18.0 Å². The Labute approximate surface area is 116 Å². The van der Waals surface area contributed by atoms with Crippen molar-refractivity contribution in [3.63, 3.8) is 0 Å².